The summed E-state index contributed by atoms with van der Waals surface area (Å²) < 4.78 is 7.37. The molecule has 1 unspecified atom stereocenters. The molecule has 0 fully saturated rings. The molecular weight excluding hydrogens is 360 g/mol. The number of hydrogen-bond acceptors (Lipinski definition) is 3. The van der Waals surface area contributed by atoms with Crippen LogP contribution in [-0.2, 0) is 3.07 Å². The molecule has 1 aromatic rings. The van der Waals surface area contributed by atoms with Crippen molar-refractivity contribution in [3.05, 3.63) is 29.8 Å². The maximum Gasteiger partial charge on any atom is -1.00 e. The van der Waals surface area contributed by atoms with Crippen molar-refractivity contribution < 1.29 is 15.5 Å². The van der Waals surface area contributed by atoms with E-state index in [9.17, 15) is 0 Å². The van der Waals surface area contributed by atoms with Crippen LogP contribution in [0.3, 0.4) is 0 Å². The molecule has 17 heavy (non-hydrogen) atoms. The second kappa shape index (κ2) is 9.50. The summed E-state index contributed by atoms with van der Waals surface area (Å²) >= 11 is -1.96. The molecule has 0 heterocycles. The summed E-state index contributed by atoms with van der Waals surface area (Å²) in [7, 11) is 2.00. The summed E-state index contributed by atoms with van der Waals surface area (Å²) in [5.74, 6) is 1.13. The van der Waals surface area contributed by atoms with Crippen LogP contribution in [0.15, 0.2) is 24.3 Å². The maximum atomic E-state index is 6.01. The van der Waals surface area contributed by atoms with E-state index in [4.69, 9.17) is 8.81 Å². The Morgan fingerprint density at radius 3 is 2.53 bits per heavy atom. The van der Waals surface area contributed by atoms with Gasteiger partial charge in [0, 0.05) is 0 Å². The van der Waals surface area contributed by atoms with E-state index in [2.05, 4.69) is 38.1 Å². The van der Waals surface area contributed by atoms with Crippen LogP contribution < -0.4 is 21.7 Å². The quantitative estimate of drug-likeness (QED) is 0.656. The number of nitrogens with two attached hydrogens (primary N) is 1. The molecule has 0 amide bonds. The van der Waals surface area contributed by atoms with Crippen molar-refractivity contribution in [2.75, 3.05) is 12.4 Å². The van der Waals surface area contributed by atoms with E-state index in [-0.39, 0.29) is 18.4 Å². The third kappa shape index (κ3) is 5.39. The van der Waals surface area contributed by atoms with E-state index < -0.39 is 18.8 Å². The Kier molecular flexibility index (Phi) is 9.82. The summed E-state index contributed by atoms with van der Waals surface area (Å²) in [6.45, 7) is 7.13. The molecule has 1 atom stereocenters. The van der Waals surface area contributed by atoms with Crippen molar-refractivity contribution in [3.63, 3.8) is 0 Å². The Balaban J connectivity index is 0.00000256. The average molecular weight is 381 g/mol. The standard InChI is InChI=1S/C8H10N.C2H5O.C2H6S.ClH.Sn/c1-7(9)8-5-3-2-4-6-8;2*1-2-3;;/h2-5,7H,9H2,1H3;2H2,1H3;3H,2H2,1H3;1H;/q;-1;;;+3/p-2. The van der Waals surface area contributed by atoms with Crippen LogP contribution in [0.2, 0.25) is 0 Å². The molecule has 0 bridgehead atoms. The van der Waals surface area contributed by atoms with Crippen molar-refractivity contribution in [2.45, 2.75) is 26.8 Å². The van der Waals surface area contributed by atoms with Gasteiger partial charge in [0.25, 0.3) is 0 Å². The number of halogens is 1. The first-order valence-electron chi connectivity index (χ1n) is 5.68. The Morgan fingerprint density at radius 2 is 2.00 bits per heavy atom. The molecule has 0 saturated heterocycles. The molecule has 1 aromatic carbocycles. The fourth-order valence-electron chi connectivity index (χ4n) is 1.54. The van der Waals surface area contributed by atoms with Crippen molar-refractivity contribution in [1.82, 2.24) is 0 Å². The van der Waals surface area contributed by atoms with E-state index in [1.165, 1.54) is 9.14 Å². The van der Waals surface area contributed by atoms with Gasteiger partial charge in [0.1, 0.15) is 0 Å². The maximum absolute atomic E-state index is 6.01. The van der Waals surface area contributed by atoms with Crippen LogP contribution in [0.25, 0.3) is 0 Å². The minimum Gasteiger partial charge on any atom is -1.00 e. The van der Waals surface area contributed by atoms with Gasteiger partial charge >= 0.3 is 109 Å². The molecule has 0 saturated carbocycles. The molecule has 0 spiro atoms. The van der Waals surface area contributed by atoms with Crippen LogP contribution in [-0.4, -0.2) is 31.2 Å². The summed E-state index contributed by atoms with van der Waals surface area (Å²) in [4.78, 5) is 0. The molecule has 1 rings (SSSR count). The van der Waals surface area contributed by atoms with Gasteiger partial charge < -0.3 is 12.4 Å². The van der Waals surface area contributed by atoms with Crippen molar-refractivity contribution in [3.8, 4) is 0 Å². The summed E-state index contributed by atoms with van der Waals surface area (Å²) in [6.07, 6.45) is 0. The average Bonchev–Trinajstić information content (AvgIpc) is 2.29. The topological polar surface area (TPSA) is 35.2 Å². The van der Waals surface area contributed by atoms with Gasteiger partial charge in [-0.1, -0.05) is 0 Å². The van der Waals surface area contributed by atoms with E-state index >= 15 is 0 Å². The number of rotatable bonds is 6. The molecular formula is C12H20ClNOSSn. The number of benzene rings is 1. The van der Waals surface area contributed by atoms with Gasteiger partial charge in [-0.15, -0.1) is 0 Å². The van der Waals surface area contributed by atoms with Gasteiger partial charge in [-0.3, -0.25) is 0 Å². The van der Waals surface area contributed by atoms with E-state index in [1.54, 1.807) is 0 Å². The summed E-state index contributed by atoms with van der Waals surface area (Å²) in [5.41, 5.74) is 7.28. The van der Waals surface area contributed by atoms with E-state index in [0.29, 0.717) is 0 Å². The predicted octanol–water partition coefficient (Wildman–Crippen LogP) is -0.805. The van der Waals surface area contributed by atoms with Gasteiger partial charge in [-0.2, -0.15) is 0 Å². The molecule has 0 aromatic heterocycles. The second-order valence-corrected chi connectivity index (χ2v) is 13.4. The van der Waals surface area contributed by atoms with Crippen LogP contribution in [0.1, 0.15) is 32.4 Å². The first-order chi connectivity index (χ1) is 7.70. The molecule has 5 heteroatoms. The second-order valence-electron chi connectivity index (χ2n) is 3.53. The first-order valence-corrected chi connectivity index (χ1v) is 12.7. The van der Waals surface area contributed by atoms with Crippen LogP contribution >= 0.6 is 8.95 Å². The first kappa shape index (κ1) is 17.6. The largest absolute Gasteiger partial charge is 1.00 e. The normalized spacial score (nSPS) is 11.8. The van der Waals surface area contributed by atoms with Crippen LogP contribution in [0.5, 0.6) is 0 Å². The SMILES string of the molecule is CC[O][Sn+]([S]CC)[c]1ccccc1C(C)N.[Cl-]. The van der Waals surface area contributed by atoms with Crippen LogP contribution in [0, 0.1) is 0 Å². The zero-order valence-electron chi connectivity index (χ0n) is 10.6. The predicted molar refractivity (Wildman–Crippen MR) is 74.2 cm³/mol. The molecule has 96 valence electrons. The molecule has 0 aliphatic heterocycles. The fraction of sp³-hybridized carbons (Fsp3) is 0.500. The molecule has 0 aliphatic carbocycles. The van der Waals surface area contributed by atoms with Crippen LogP contribution in [0.4, 0.5) is 0 Å². The van der Waals surface area contributed by atoms with Gasteiger partial charge in [0.15, 0.2) is 0 Å². The minimum atomic E-state index is -1.96. The smallest absolute Gasteiger partial charge is 1.00 e. The minimum absolute atomic E-state index is 0. The molecule has 2 nitrogen and oxygen atoms in total. The molecule has 0 radical (unpaired) electrons. The Hall–Kier alpha value is 0.579. The summed E-state index contributed by atoms with van der Waals surface area (Å²) in [5, 5.41) is 0. The fourth-order valence-corrected chi connectivity index (χ4v) is 11.8. The monoisotopic (exact) mass is 381 g/mol. The van der Waals surface area contributed by atoms with E-state index in [0.717, 1.165) is 12.4 Å². The van der Waals surface area contributed by atoms with Gasteiger partial charge in [-0.05, 0) is 0 Å². The Bertz CT molecular complexity index is 319. The Morgan fingerprint density at radius 1 is 1.35 bits per heavy atom. The number of hydrogen-bond donors (Lipinski definition) is 1. The van der Waals surface area contributed by atoms with E-state index in [1.807, 2.05) is 15.9 Å². The Labute approximate surface area is 121 Å². The zero-order valence-corrected chi connectivity index (χ0v) is 15.0. The molecule has 0 aliphatic rings. The summed E-state index contributed by atoms with van der Waals surface area (Å²) in [6, 6.07) is 8.59. The third-order valence-corrected chi connectivity index (χ3v) is 13.9. The van der Waals surface area contributed by atoms with Crippen molar-refractivity contribution in [1.29, 1.82) is 0 Å². The van der Waals surface area contributed by atoms with Crippen molar-refractivity contribution in [2.24, 2.45) is 5.73 Å². The third-order valence-electron chi connectivity index (χ3n) is 2.22. The molecule has 2 N–H and O–H groups in total. The zero-order chi connectivity index (χ0) is 12.0. The van der Waals surface area contributed by atoms with Gasteiger partial charge in [0.05, 0.1) is 0 Å². The van der Waals surface area contributed by atoms with Crippen molar-refractivity contribution >= 4 is 31.3 Å². The van der Waals surface area contributed by atoms with Gasteiger partial charge in [-0.25, -0.2) is 0 Å². The van der Waals surface area contributed by atoms with Gasteiger partial charge in [0.2, 0.25) is 0 Å².